The van der Waals surface area contributed by atoms with Crippen molar-refractivity contribution in [1.82, 2.24) is 10.2 Å². The second kappa shape index (κ2) is 12.7. The molecule has 3 rings (SSSR count). The summed E-state index contributed by atoms with van der Waals surface area (Å²) < 4.78 is 67.6. The molecule has 1 aliphatic rings. The fourth-order valence-corrected chi connectivity index (χ4v) is 4.60. The van der Waals surface area contributed by atoms with E-state index in [-0.39, 0.29) is 36.8 Å². The van der Waals surface area contributed by atoms with Crippen molar-refractivity contribution < 1.29 is 36.6 Å². The van der Waals surface area contributed by atoms with E-state index in [1.165, 1.54) is 32.0 Å². The molecule has 40 heavy (non-hydrogen) atoms. The average molecular weight is 591 g/mol. The van der Waals surface area contributed by atoms with Gasteiger partial charge in [0, 0.05) is 49.4 Å². The Morgan fingerprint density at radius 3 is 2.42 bits per heavy atom. The first-order chi connectivity index (χ1) is 18.5. The number of nitrogens with zero attached hydrogens (tertiary/aromatic N) is 2. The topological polar surface area (TPSA) is 84.9 Å². The highest BCUT2D eigenvalue weighted by Gasteiger charge is 2.32. The number of alkyl halides is 3. The van der Waals surface area contributed by atoms with Crippen LogP contribution in [-0.4, -0.2) is 65.8 Å². The molecule has 2 aromatic rings. The largest absolute Gasteiger partial charge is 0.390 e. The van der Waals surface area contributed by atoms with Gasteiger partial charge in [-0.2, -0.15) is 13.2 Å². The Morgan fingerprint density at radius 2 is 1.80 bits per heavy atom. The van der Waals surface area contributed by atoms with Gasteiger partial charge in [0.2, 0.25) is 5.91 Å². The minimum Gasteiger partial charge on any atom is -0.390 e. The molecule has 0 aromatic heterocycles. The lowest BCUT2D eigenvalue weighted by Crippen LogP contribution is -2.52. The number of carbonyl (C=O) groups is 2. The molecule has 2 amide bonds. The molecule has 0 radical (unpaired) electrons. The highest BCUT2D eigenvalue weighted by atomic mass is 35.5. The number of piperazine rings is 1. The van der Waals surface area contributed by atoms with Gasteiger partial charge in [0.15, 0.2) is 11.6 Å². The summed E-state index contributed by atoms with van der Waals surface area (Å²) >= 11 is 6.18. The molecule has 1 saturated heterocycles. The van der Waals surface area contributed by atoms with Crippen molar-refractivity contribution in [1.29, 1.82) is 0 Å². The van der Waals surface area contributed by atoms with Crippen molar-refractivity contribution in [2.24, 2.45) is 0 Å². The van der Waals surface area contributed by atoms with Crippen LogP contribution >= 0.6 is 11.6 Å². The number of nitrogens with one attached hydrogen (secondary N) is 2. The lowest BCUT2D eigenvalue weighted by atomic mass is 10.0. The van der Waals surface area contributed by atoms with Gasteiger partial charge >= 0.3 is 6.18 Å². The molecule has 7 nitrogen and oxygen atoms in total. The van der Waals surface area contributed by atoms with Crippen LogP contribution in [0.15, 0.2) is 30.3 Å². The zero-order valence-electron chi connectivity index (χ0n) is 22.3. The Balaban J connectivity index is 1.72. The third kappa shape index (κ3) is 8.77. The summed E-state index contributed by atoms with van der Waals surface area (Å²) in [5.41, 5.74) is -1.24. The molecule has 1 aliphatic heterocycles. The maximum atomic E-state index is 14.9. The van der Waals surface area contributed by atoms with E-state index in [1.54, 1.807) is 17.9 Å². The molecule has 1 fully saturated rings. The van der Waals surface area contributed by atoms with Crippen molar-refractivity contribution in [2.75, 3.05) is 36.4 Å². The Labute approximate surface area is 234 Å². The Morgan fingerprint density at radius 1 is 1.10 bits per heavy atom. The smallest absolute Gasteiger partial charge is 0.390 e. The summed E-state index contributed by atoms with van der Waals surface area (Å²) in [4.78, 5) is 28.4. The zero-order chi connectivity index (χ0) is 29.8. The quantitative estimate of drug-likeness (QED) is 0.354. The van der Waals surface area contributed by atoms with E-state index in [0.717, 1.165) is 6.07 Å². The summed E-state index contributed by atoms with van der Waals surface area (Å²) in [6, 6.07) is 6.68. The highest BCUT2D eigenvalue weighted by molar-refractivity contribution is 6.31. The molecule has 3 N–H and O–H groups in total. The van der Waals surface area contributed by atoms with Gasteiger partial charge < -0.3 is 20.6 Å². The zero-order valence-corrected chi connectivity index (χ0v) is 23.1. The molecular formula is C27H32ClF5N4O3. The van der Waals surface area contributed by atoms with Crippen molar-refractivity contribution in [3.63, 3.8) is 0 Å². The molecule has 0 spiro atoms. The van der Waals surface area contributed by atoms with Crippen LogP contribution in [-0.2, 0) is 11.3 Å². The number of amides is 2. The molecule has 13 heteroatoms. The number of hydrogen-bond acceptors (Lipinski definition) is 5. The van der Waals surface area contributed by atoms with Crippen LogP contribution in [0.3, 0.4) is 0 Å². The first-order valence-corrected chi connectivity index (χ1v) is 13.0. The van der Waals surface area contributed by atoms with Crippen LogP contribution < -0.4 is 15.5 Å². The maximum absolute atomic E-state index is 14.9. The van der Waals surface area contributed by atoms with E-state index in [4.69, 9.17) is 11.6 Å². The van der Waals surface area contributed by atoms with E-state index in [1.807, 2.05) is 4.90 Å². The average Bonchev–Trinajstić information content (AvgIpc) is 2.83. The lowest BCUT2D eigenvalue weighted by molar-refractivity contribution is -0.139. The van der Waals surface area contributed by atoms with Crippen molar-refractivity contribution in [3.8, 4) is 0 Å². The summed E-state index contributed by atoms with van der Waals surface area (Å²) in [5, 5.41) is 15.0. The molecule has 0 saturated carbocycles. The number of benzene rings is 2. The second-order valence-electron chi connectivity index (χ2n) is 10.5. The summed E-state index contributed by atoms with van der Waals surface area (Å²) in [6.45, 7) is 5.29. The van der Waals surface area contributed by atoms with Gasteiger partial charge in [0.25, 0.3) is 5.91 Å². The number of hydrogen-bond donors (Lipinski definition) is 3. The van der Waals surface area contributed by atoms with E-state index in [0.29, 0.717) is 30.3 Å². The minimum absolute atomic E-state index is 0.123. The molecule has 1 heterocycles. The van der Waals surface area contributed by atoms with Crippen LogP contribution in [0.1, 0.15) is 49.5 Å². The number of anilines is 2. The fraction of sp³-hybridized carbons (Fsp3) is 0.481. The fourth-order valence-electron chi connectivity index (χ4n) is 4.43. The second-order valence-corrected chi connectivity index (χ2v) is 10.9. The van der Waals surface area contributed by atoms with Gasteiger partial charge in [0.05, 0.1) is 35.4 Å². The highest BCUT2D eigenvalue weighted by Crippen LogP contribution is 2.32. The summed E-state index contributed by atoms with van der Waals surface area (Å²) in [7, 11) is 0. The first kappa shape index (κ1) is 31.6. The Kier molecular flexibility index (Phi) is 10.0. The van der Waals surface area contributed by atoms with Gasteiger partial charge in [-0.15, -0.1) is 0 Å². The predicted octanol–water partition coefficient (Wildman–Crippen LogP) is 5.11. The number of rotatable bonds is 9. The van der Waals surface area contributed by atoms with Gasteiger partial charge in [-0.05, 0) is 45.0 Å². The van der Waals surface area contributed by atoms with Gasteiger partial charge in [-0.1, -0.05) is 17.7 Å². The SMILES string of the molecule is C[C@H]1CN(c2cc(Cl)ccc2NC(=O)c2ccc(CNC(=O)CC(C)(C)O)c(F)c2F)CCN1CCC(F)(F)F. The standard InChI is InChI=1S/C27H32ClF5N4O3/c1-16-15-37(11-10-36(16)9-8-27(31,32)33)21-12-18(28)5-7-20(21)35-25(39)19-6-4-17(23(29)24(19)30)14-34-22(38)13-26(2,3)40/h4-7,12,16,40H,8-11,13-15H2,1-3H3,(H,34,38)(H,35,39)/t16-/m0/s1. The third-order valence-electron chi connectivity index (χ3n) is 6.47. The molecule has 2 aromatic carbocycles. The molecule has 1 atom stereocenters. The first-order valence-electron chi connectivity index (χ1n) is 12.7. The number of aliphatic hydroxyl groups is 1. The van der Waals surface area contributed by atoms with Gasteiger partial charge in [0.1, 0.15) is 0 Å². The van der Waals surface area contributed by atoms with Crippen molar-refractivity contribution in [3.05, 3.63) is 58.1 Å². The van der Waals surface area contributed by atoms with E-state index >= 15 is 0 Å². The summed E-state index contributed by atoms with van der Waals surface area (Å²) in [6.07, 6.45) is -5.40. The number of halogens is 6. The molecule has 0 bridgehead atoms. The third-order valence-corrected chi connectivity index (χ3v) is 6.71. The van der Waals surface area contributed by atoms with Crippen LogP contribution in [0.25, 0.3) is 0 Å². The van der Waals surface area contributed by atoms with E-state index in [9.17, 15) is 36.6 Å². The van der Waals surface area contributed by atoms with Crippen LogP contribution in [0.2, 0.25) is 5.02 Å². The summed E-state index contributed by atoms with van der Waals surface area (Å²) in [5.74, 6) is -4.17. The molecular weight excluding hydrogens is 559 g/mol. The Hall–Kier alpha value is -2.96. The predicted molar refractivity (Wildman–Crippen MR) is 142 cm³/mol. The lowest BCUT2D eigenvalue weighted by Gasteiger charge is -2.41. The van der Waals surface area contributed by atoms with Crippen LogP contribution in [0.4, 0.5) is 33.3 Å². The van der Waals surface area contributed by atoms with E-state index in [2.05, 4.69) is 10.6 Å². The normalized spacial score (nSPS) is 16.6. The van der Waals surface area contributed by atoms with Crippen LogP contribution in [0, 0.1) is 11.6 Å². The monoisotopic (exact) mass is 590 g/mol. The minimum atomic E-state index is -4.25. The maximum Gasteiger partial charge on any atom is 0.390 e. The van der Waals surface area contributed by atoms with Gasteiger partial charge in [-0.25, -0.2) is 8.78 Å². The Bertz CT molecular complexity index is 1240. The molecule has 220 valence electrons. The van der Waals surface area contributed by atoms with Gasteiger partial charge in [-0.3, -0.25) is 14.5 Å². The van der Waals surface area contributed by atoms with Crippen molar-refractivity contribution >= 4 is 34.8 Å². The molecule has 0 unspecified atom stereocenters. The van der Waals surface area contributed by atoms with E-state index < -0.39 is 47.2 Å². The van der Waals surface area contributed by atoms with Crippen LogP contribution in [0.5, 0.6) is 0 Å². The van der Waals surface area contributed by atoms with Crippen molar-refractivity contribution in [2.45, 2.75) is 58.0 Å². The number of carbonyl (C=O) groups excluding carboxylic acids is 2. The molecule has 0 aliphatic carbocycles.